The lowest BCUT2D eigenvalue weighted by Crippen LogP contribution is -2.28. The maximum Gasteiger partial charge on any atom is 0.306 e. The molecule has 0 spiro atoms. The molecule has 0 bridgehead atoms. The van der Waals surface area contributed by atoms with Crippen LogP contribution in [0.1, 0.15) is 245 Å². The molecule has 0 heterocycles. The van der Waals surface area contributed by atoms with Crippen molar-refractivity contribution in [2.45, 2.75) is 251 Å². The number of carbonyl (C=O) groups excluding carboxylic acids is 2. The fourth-order valence-corrected chi connectivity index (χ4v) is 7.35. The van der Waals surface area contributed by atoms with Gasteiger partial charge >= 0.3 is 11.9 Å². The lowest BCUT2D eigenvalue weighted by Gasteiger charge is -2.15. The minimum absolute atomic E-state index is 0.0760. The van der Waals surface area contributed by atoms with Crippen LogP contribution in [0.25, 0.3) is 0 Å². The Kier molecular flexibility index (Phi) is 51.5. The molecule has 1 N–H and O–H groups in total. The van der Waals surface area contributed by atoms with Crippen LogP contribution in [0, 0.1) is 0 Å². The number of hydrogen-bond acceptors (Lipinski definition) is 5. The molecular formula is C59H100O5. The molecule has 5 nitrogen and oxygen atoms in total. The molecular weight excluding hydrogens is 789 g/mol. The smallest absolute Gasteiger partial charge is 0.306 e. The van der Waals surface area contributed by atoms with Gasteiger partial charge in [-0.3, -0.25) is 9.59 Å². The Balaban J connectivity index is 3.55. The lowest BCUT2D eigenvalue weighted by molar-refractivity contribution is -0.161. The molecule has 0 rings (SSSR count). The molecule has 5 heteroatoms. The number of rotatable bonds is 48. The van der Waals surface area contributed by atoms with Gasteiger partial charge in [0.05, 0.1) is 6.61 Å². The number of esters is 2. The van der Waals surface area contributed by atoms with Gasteiger partial charge in [0.2, 0.25) is 0 Å². The second-order valence-corrected chi connectivity index (χ2v) is 17.6. The molecule has 0 aliphatic rings. The average Bonchev–Trinajstić information content (AvgIpc) is 3.30. The third-order valence-corrected chi connectivity index (χ3v) is 11.4. The highest BCUT2D eigenvalue weighted by molar-refractivity contribution is 5.70. The maximum absolute atomic E-state index is 12.3. The molecule has 64 heavy (non-hydrogen) atoms. The fourth-order valence-electron chi connectivity index (χ4n) is 7.35. The molecule has 366 valence electrons. The van der Waals surface area contributed by atoms with Crippen molar-refractivity contribution in [1.29, 1.82) is 0 Å². The average molecular weight is 889 g/mol. The van der Waals surface area contributed by atoms with Gasteiger partial charge in [-0.15, -0.1) is 0 Å². The van der Waals surface area contributed by atoms with Gasteiger partial charge in [0.15, 0.2) is 6.10 Å². The predicted octanol–water partition coefficient (Wildman–Crippen LogP) is 18.0. The van der Waals surface area contributed by atoms with E-state index < -0.39 is 6.10 Å². The Labute approximate surface area is 396 Å². The Hall–Kier alpha value is -3.18. The minimum atomic E-state index is -0.786. The SMILES string of the molecule is CC/C=C\C/C=C\C/C=C\C/C=C\C/C=C\CCCCCCCCCC(=O)OC(CO)COC(=O)CCCCCCCCCCCCCC/C=C\C/C=C\C/C=C\CCCCCCC. The van der Waals surface area contributed by atoms with Crippen molar-refractivity contribution in [3.05, 3.63) is 97.2 Å². The monoisotopic (exact) mass is 889 g/mol. The zero-order valence-electron chi connectivity index (χ0n) is 41.8. The van der Waals surface area contributed by atoms with Crippen molar-refractivity contribution in [1.82, 2.24) is 0 Å². The molecule has 0 aromatic carbocycles. The van der Waals surface area contributed by atoms with Gasteiger partial charge in [-0.1, -0.05) is 233 Å². The van der Waals surface area contributed by atoms with E-state index in [0.717, 1.165) is 89.9 Å². The molecule has 0 amide bonds. The molecule has 0 aliphatic carbocycles. The first-order chi connectivity index (χ1) is 31.6. The van der Waals surface area contributed by atoms with Crippen LogP contribution in [-0.4, -0.2) is 36.4 Å². The Morgan fingerprint density at radius 2 is 0.672 bits per heavy atom. The van der Waals surface area contributed by atoms with Gasteiger partial charge in [0, 0.05) is 12.8 Å². The maximum atomic E-state index is 12.3. The van der Waals surface area contributed by atoms with Crippen LogP contribution in [0.4, 0.5) is 0 Å². The Bertz CT molecular complexity index is 1230. The summed E-state index contributed by atoms with van der Waals surface area (Å²) >= 11 is 0. The highest BCUT2D eigenvalue weighted by Crippen LogP contribution is 2.15. The van der Waals surface area contributed by atoms with Crippen LogP contribution in [-0.2, 0) is 19.1 Å². The lowest BCUT2D eigenvalue weighted by atomic mass is 10.0. The summed E-state index contributed by atoms with van der Waals surface area (Å²) in [6.45, 7) is 4.01. The number of aliphatic hydroxyl groups excluding tert-OH is 1. The molecule has 1 atom stereocenters. The summed E-state index contributed by atoms with van der Waals surface area (Å²) in [4.78, 5) is 24.5. The molecule has 1 unspecified atom stereocenters. The number of hydrogen-bond donors (Lipinski definition) is 1. The first kappa shape index (κ1) is 60.8. The minimum Gasteiger partial charge on any atom is -0.462 e. The van der Waals surface area contributed by atoms with E-state index in [0.29, 0.717) is 12.8 Å². The van der Waals surface area contributed by atoms with Crippen LogP contribution in [0.3, 0.4) is 0 Å². The fraction of sp³-hybridized carbons (Fsp3) is 0.695. The Morgan fingerprint density at radius 1 is 0.375 bits per heavy atom. The van der Waals surface area contributed by atoms with Crippen molar-refractivity contribution in [3.8, 4) is 0 Å². The van der Waals surface area contributed by atoms with Crippen LogP contribution in [0.2, 0.25) is 0 Å². The summed E-state index contributed by atoms with van der Waals surface area (Å²) in [5.41, 5.74) is 0. The Morgan fingerprint density at radius 3 is 1.02 bits per heavy atom. The van der Waals surface area contributed by atoms with E-state index in [1.54, 1.807) is 0 Å². The number of aliphatic hydroxyl groups is 1. The van der Waals surface area contributed by atoms with Crippen molar-refractivity contribution in [2.24, 2.45) is 0 Å². The largest absolute Gasteiger partial charge is 0.462 e. The summed E-state index contributed by atoms with van der Waals surface area (Å²) in [6, 6.07) is 0. The third-order valence-electron chi connectivity index (χ3n) is 11.4. The van der Waals surface area contributed by atoms with Crippen LogP contribution in [0.5, 0.6) is 0 Å². The van der Waals surface area contributed by atoms with Gasteiger partial charge < -0.3 is 14.6 Å². The van der Waals surface area contributed by atoms with Crippen molar-refractivity contribution in [2.75, 3.05) is 13.2 Å². The summed E-state index contributed by atoms with van der Waals surface area (Å²) < 4.78 is 10.7. The van der Waals surface area contributed by atoms with Gasteiger partial charge in [-0.2, -0.15) is 0 Å². The van der Waals surface area contributed by atoms with E-state index in [2.05, 4.69) is 111 Å². The molecule has 0 aromatic rings. The van der Waals surface area contributed by atoms with Crippen molar-refractivity contribution >= 4 is 11.9 Å². The molecule has 0 aromatic heterocycles. The van der Waals surface area contributed by atoms with Crippen LogP contribution < -0.4 is 0 Å². The predicted molar refractivity (Wildman–Crippen MR) is 279 cm³/mol. The summed E-state index contributed by atoms with van der Waals surface area (Å²) in [7, 11) is 0. The topological polar surface area (TPSA) is 72.8 Å². The van der Waals surface area contributed by atoms with Gasteiger partial charge in [-0.25, -0.2) is 0 Å². The van der Waals surface area contributed by atoms with Crippen LogP contribution in [0.15, 0.2) is 97.2 Å². The van der Waals surface area contributed by atoms with E-state index in [9.17, 15) is 14.7 Å². The summed E-state index contributed by atoms with van der Waals surface area (Å²) in [6.07, 6.45) is 76.4. The number of carbonyl (C=O) groups is 2. The first-order valence-corrected chi connectivity index (χ1v) is 26.8. The van der Waals surface area contributed by atoms with Crippen molar-refractivity contribution < 1.29 is 24.2 Å². The third kappa shape index (κ3) is 51.5. The summed E-state index contributed by atoms with van der Waals surface area (Å²) in [5.74, 6) is -0.606. The van der Waals surface area contributed by atoms with E-state index in [1.807, 2.05) is 0 Å². The van der Waals surface area contributed by atoms with E-state index in [1.165, 1.54) is 128 Å². The van der Waals surface area contributed by atoms with Gasteiger partial charge in [0.25, 0.3) is 0 Å². The molecule has 0 fully saturated rings. The molecule has 0 saturated carbocycles. The van der Waals surface area contributed by atoms with Gasteiger partial charge in [0.1, 0.15) is 6.61 Å². The highest BCUT2D eigenvalue weighted by Gasteiger charge is 2.16. The normalized spacial score (nSPS) is 13.0. The first-order valence-electron chi connectivity index (χ1n) is 26.8. The number of ether oxygens (including phenoxy) is 2. The van der Waals surface area contributed by atoms with E-state index in [-0.39, 0.29) is 25.2 Å². The summed E-state index contributed by atoms with van der Waals surface area (Å²) in [5, 5.41) is 9.64. The van der Waals surface area contributed by atoms with Crippen LogP contribution >= 0.6 is 0 Å². The second kappa shape index (κ2) is 54.2. The quantitative estimate of drug-likeness (QED) is 0.0374. The highest BCUT2D eigenvalue weighted by atomic mass is 16.6. The second-order valence-electron chi connectivity index (χ2n) is 17.6. The van der Waals surface area contributed by atoms with E-state index >= 15 is 0 Å². The molecule has 0 saturated heterocycles. The number of allylic oxidation sites excluding steroid dienone is 16. The zero-order chi connectivity index (χ0) is 46.3. The molecule has 0 aliphatic heterocycles. The molecule has 0 radical (unpaired) electrons. The van der Waals surface area contributed by atoms with Crippen molar-refractivity contribution in [3.63, 3.8) is 0 Å². The van der Waals surface area contributed by atoms with E-state index in [4.69, 9.17) is 9.47 Å². The number of unbranched alkanes of at least 4 members (excludes halogenated alkanes) is 24. The standard InChI is InChI=1S/C59H100O5/c1-3-5-7-9-11-13-15-17-19-21-23-25-27-28-29-30-32-33-35-37-39-41-43-45-47-49-51-53-58(61)63-56-57(55-60)64-59(62)54-52-50-48-46-44-42-40-38-36-34-31-26-24-22-20-18-16-14-12-10-8-6-4-2/h6,8,12,14-15,17-18,20-21,23-24,26-28,34,36,57,60H,3-5,7,9-11,13,16,19,22,25,29-33,35,37-56H2,1-2H3/b8-6-,14-12-,17-15-,20-18-,23-21-,26-24-,28-27-,36-34-. The van der Waals surface area contributed by atoms with Gasteiger partial charge in [-0.05, 0) is 96.3 Å². The zero-order valence-corrected chi connectivity index (χ0v) is 41.8.